The maximum Gasteiger partial charge on any atom is 0.319 e. The highest BCUT2D eigenvalue weighted by Crippen LogP contribution is 2.17. The number of amides is 2. The van der Waals surface area contributed by atoms with Crippen molar-refractivity contribution < 1.29 is 4.79 Å². The van der Waals surface area contributed by atoms with E-state index >= 15 is 0 Å². The third kappa shape index (κ3) is 4.20. The summed E-state index contributed by atoms with van der Waals surface area (Å²) < 4.78 is 1.86. The fraction of sp³-hybridized carbons (Fsp3) is 0.286. The van der Waals surface area contributed by atoms with Crippen LogP contribution < -0.4 is 16.0 Å². The van der Waals surface area contributed by atoms with E-state index in [1.54, 1.807) is 0 Å². The quantitative estimate of drug-likeness (QED) is 0.639. The van der Waals surface area contributed by atoms with Crippen molar-refractivity contribution in [2.24, 2.45) is 0 Å². The highest BCUT2D eigenvalue weighted by atomic mass is 16.2. The van der Waals surface area contributed by atoms with Crippen LogP contribution in [0.25, 0.3) is 0 Å². The molecule has 144 valence electrons. The van der Waals surface area contributed by atoms with E-state index in [0.29, 0.717) is 13.1 Å². The van der Waals surface area contributed by atoms with Gasteiger partial charge in [0.15, 0.2) is 0 Å². The number of carbonyl (C=O) groups is 1. The predicted molar refractivity (Wildman–Crippen MR) is 108 cm³/mol. The minimum Gasteiger partial charge on any atom is -0.334 e. The molecule has 2 heterocycles. The maximum atomic E-state index is 12.3. The van der Waals surface area contributed by atoms with E-state index < -0.39 is 0 Å². The van der Waals surface area contributed by atoms with Gasteiger partial charge in [0.05, 0.1) is 6.54 Å². The van der Waals surface area contributed by atoms with Gasteiger partial charge in [-0.1, -0.05) is 30.3 Å². The van der Waals surface area contributed by atoms with Crippen LogP contribution in [0, 0.1) is 13.8 Å². The van der Waals surface area contributed by atoms with Crippen LogP contribution in [0.5, 0.6) is 0 Å². The van der Waals surface area contributed by atoms with Gasteiger partial charge in [-0.25, -0.2) is 14.5 Å². The van der Waals surface area contributed by atoms with Gasteiger partial charge in [-0.2, -0.15) is 5.10 Å². The van der Waals surface area contributed by atoms with Gasteiger partial charge >= 0.3 is 6.03 Å². The van der Waals surface area contributed by atoms with Crippen molar-refractivity contribution in [1.82, 2.24) is 25.4 Å². The molecule has 0 aliphatic carbocycles. The first kappa shape index (κ1) is 18.2. The average Bonchev–Trinajstić information content (AvgIpc) is 3.25. The first-order valence-electron chi connectivity index (χ1n) is 9.40. The molecule has 0 unspecified atom stereocenters. The molecular weight excluding hydrogens is 352 g/mol. The third-order valence-corrected chi connectivity index (χ3v) is 4.83. The van der Waals surface area contributed by atoms with Crippen LogP contribution in [0.3, 0.4) is 0 Å². The summed E-state index contributed by atoms with van der Waals surface area (Å²) in [5.74, 6) is 1.63. The molecule has 1 aliphatic heterocycles. The standard InChI is InChI=1S/C21H24N6O/c1-14-24-15(2)27(26-14)13-17-4-3-5-20(9-17)25-21(28)23-10-16-6-7-18-11-22-12-19(18)8-16/h3-9,22H,10-13H2,1-2H3,(H2,23,25,28). The highest BCUT2D eigenvalue weighted by Gasteiger charge is 2.10. The molecule has 2 amide bonds. The van der Waals surface area contributed by atoms with Crippen LogP contribution in [-0.4, -0.2) is 20.8 Å². The van der Waals surface area contributed by atoms with Crippen molar-refractivity contribution >= 4 is 11.7 Å². The largest absolute Gasteiger partial charge is 0.334 e. The Morgan fingerprint density at radius 1 is 1.11 bits per heavy atom. The van der Waals surface area contributed by atoms with Gasteiger partial charge in [-0.15, -0.1) is 0 Å². The fourth-order valence-electron chi connectivity index (χ4n) is 3.45. The van der Waals surface area contributed by atoms with E-state index in [4.69, 9.17) is 0 Å². The Hall–Kier alpha value is -3.19. The second-order valence-corrected chi connectivity index (χ2v) is 7.08. The molecule has 7 heteroatoms. The van der Waals surface area contributed by atoms with Gasteiger partial charge in [0, 0.05) is 25.3 Å². The predicted octanol–water partition coefficient (Wildman–Crippen LogP) is 2.87. The monoisotopic (exact) mass is 376 g/mol. The lowest BCUT2D eigenvalue weighted by Crippen LogP contribution is -2.28. The molecule has 0 spiro atoms. The zero-order chi connectivity index (χ0) is 19.5. The summed E-state index contributed by atoms with van der Waals surface area (Å²) in [4.78, 5) is 16.6. The van der Waals surface area contributed by atoms with E-state index in [-0.39, 0.29) is 6.03 Å². The zero-order valence-electron chi connectivity index (χ0n) is 16.1. The van der Waals surface area contributed by atoms with Crippen LogP contribution >= 0.6 is 0 Å². The minimum atomic E-state index is -0.219. The number of nitrogens with one attached hydrogen (secondary N) is 3. The first-order valence-corrected chi connectivity index (χ1v) is 9.40. The molecule has 0 saturated heterocycles. The van der Waals surface area contributed by atoms with Gasteiger partial charge in [-0.3, -0.25) is 0 Å². The molecule has 7 nitrogen and oxygen atoms in total. The Morgan fingerprint density at radius 2 is 1.96 bits per heavy atom. The first-order chi connectivity index (χ1) is 13.6. The van der Waals surface area contributed by atoms with Crippen LogP contribution in [0.2, 0.25) is 0 Å². The number of fused-ring (bicyclic) bond motifs is 1. The maximum absolute atomic E-state index is 12.3. The van der Waals surface area contributed by atoms with Crippen LogP contribution in [0.4, 0.5) is 10.5 Å². The van der Waals surface area contributed by atoms with Crippen molar-refractivity contribution in [2.45, 2.75) is 40.0 Å². The van der Waals surface area contributed by atoms with Gasteiger partial charge in [0.25, 0.3) is 0 Å². The Kier molecular flexibility index (Phi) is 5.08. The number of urea groups is 1. The second-order valence-electron chi connectivity index (χ2n) is 7.08. The van der Waals surface area contributed by atoms with E-state index in [0.717, 1.165) is 41.6 Å². The number of carbonyl (C=O) groups excluding carboxylic acids is 1. The number of aromatic nitrogens is 3. The molecule has 3 aromatic rings. The number of hydrogen-bond acceptors (Lipinski definition) is 4. The molecule has 2 aromatic carbocycles. The molecule has 4 rings (SSSR count). The molecule has 0 bridgehead atoms. The number of nitrogens with zero attached hydrogens (tertiary/aromatic N) is 3. The van der Waals surface area contributed by atoms with Gasteiger partial charge in [0.2, 0.25) is 0 Å². The number of rotatable bonds is 5. The van der Waals surface area contributed by atoms with Gasteiger partial charge < -0.3 is 16.0 Å². The SMILES string of the molecule is Cc1nc(C)n(Cc2cccc(NC(=O)NCc3ccc4c(c3)CNC4)c2)n1. The lowest BCUT2D eigenvalue weighted by molar-refractivity contribution is 0.251. The van der Waals surface area contributed by atoms with Crippen molar-refractivity contribution in [3.8, 4) is 0 Å². The molecule has 0 atom stereocenters. The highest BCUT2D eigenvalue weighted by molar-refractivity contribution is 5.89. The third-order valence-electron chi connectivity index (χ3n) is 4.83. The number of benzene rings is 2. The number of anilines is 1. The van der Waals surface area contributed by atoms with Crippen molar-refractivity contribution in [3.63, 3.8) is 0 Å². The molecule has 0 radical (unpaired) electrons. The average molecular weight is 376 g/mol. The van der Waals surface area contributed by atoms with E-state index in [2.05, 4.69) is 44.2 Å². The topological polar surface area (TPSA) is 83.9 Å². The summed E-state index contributed by atoms with van der Waals surface area (Å²) in [7, 11) is 0. The molecule has 1 aromatic heterocycles. The molecule has 0 fully saturated rings. The second kappa shape index (κ2) is 7.82. The van der Waals surface area contributed by atoms with E-state index in [1.165, 1.54) is 11.1 Å². The zero-order valence-corrected chi connectivity index (χ0v) is 16.1. The van der Waals surface area contributed by atoms with E-state index in [1.807, 2.05) is 42.8 Å². The molecule has 28 heavy (non-hydrogen) atoms. The molecular formula is C21H24N6O. The van der Waals surface area contributed by atoms with Gasteiger partial charge in [-0.05, 0) is 48.2 Å². The Bertz CT molecular complexity index is 1010. The Morgan fingerprint density at radius 3 is 2.79 bits per heavy atom. The summed E-state index contributed by atoms with van der Waals surface area (Å²) in [5, 5.41) is 13.5. The summed E-state index contributed by atoms with van der Waals surface area (Å²) in [5.41, 5.74) is 5.55. The number of aryl methyl sites for hydroxylation is 2. The molecule has 0 saturated carbocycles. The van der Waals surface area contributed by atoms with Crippen LogP contribution in [0.15, 0.2) is 42.5 Å². The van der Waals surface area contributed by atoms with E-state index in [9.17, 15) is 4.79 Å². The normalized spacial score (nSPS) is 12.6. The summed E-state index contributed by atoms with van der Waals surface area (Å²) in [6, 6.07) is 13.9. The number of hydrogen-bond donors (Lipinski definition) is 3. The van der Waals surface area contributed by atoms with Crippen molar-refractivity contribution in [2.75, 3.05) is 5.32 Å². The van der Waals surface area contributed by atoms with Crippen molar-refractivity contribution in [3.05, 3.63) is 76.4 Å². The van der Waals surface area contributed by atoms with Gasteiger partial charge in [0.1, 0.15) is 11.6 Å². The Balaban J connectivity index is 1.34. The summed E-state index contributed by atoms with van der Waals surface area (Å²) in [6.45, 7) is 6.75. The van der Waals surface area contributed by atoms with Crippen molar-refractivity contribution in [1.29, 1.82) is 0 Å². The Labute approximate surface area is 164 Å². The summed E-state index contributed by atoms with van der Waals surface area (Å²) in [6.07, 6.45) is 0. The lowest BCUT2D eigenvalue weighted by atomic mass is 10.1. The lowest BCUT2D eigenvalue weighted by Gasteiger charge is -2.10. The minimum absolute atomic E-state index is 0.219. The fourth-order valence-corrected chi connectivity index (χ4v) is 3.45. The molecule has 3 N–H and O–H groups in total. The smallest absolute Gasteiger partial charge is 0.319 e. The molecule has 1 aliphatic rings. The van der Waals surface area contributed by atoms with Crippen LogP contribution in [0.1, 0.15) is 33.9 Å². The summed E-state index contributed by atoms with van der Waals surface area (Å²) >= 11 is 0. The van der Waals surface area contributed by atoms with Crippen LogP contribution in [-0.2, 0) is 26.2 Å².